The Balaban J connectivity index is 1.81. The van der Waals surface area contributed by atoms with Crippen LogP contribution in [0.1, 0.15) is 13.3 Å². The molecule has 1 aliphatic heterocycles. The van der Waals surface area contributed by atoms with Crippen molar-refractivity contribution in [2.45, 2.75) is 19.4 Å². The number of thioether (sulfide) groups is 1. The first-order chi connectivity index (χ1) is 7.09. The molecule has 0 aromatic carbocycles. The van der Waals surface area contributed by atoms with Gasteiger partial charge in [-0.2, -0.15) is 11.8 Å². The maximum absolute atomic E-state index is 11.6. The molecule has 0 aromatic rings. The summed E-state index contributed by atoms with van der Waals surface area (Å²) in [5.41, 5.74) is 0. The molecule has 5 heteroatoms. The highest BCUT2D eigenvalue weighted by molar-refractivity contribution is 7.99. The molecule has 1 heterocycles. The standard InChI is InChI=1S/C10H15NO3S/c1-5-3-15-4-8(5)11-9(12)6-2-7(6)10(13)14/h5-8H,2-4H2,1H3,(H,11,12)(H,13,14). The number of carboxylic acids is 1. The molecule has 1 aliphatic carbocycles. The van der Waals surface area contributed by atoms with Crippen LogP contribution in [0.5, 0.6) is 0 Å². The normalized spacial score (nSPS) is 38.7. The molecule has 2 N–H and O–H groups in total. The van der Waals surface area contributed by atoms with Gasteiger partial charge in [0.15, 0.2) is 0 Å². The van der Waals surface area contributed by atoms with Crippen LogP contribution in [0.4, 0.5) is 0 Å². The zero-order valence-electron chi connectivity index (χ0n) is 8.60. The van der Waals surface area contributed by atoms with E-state index >= 15 is 0 Å². The fraction of sp³-hybridized carbons (Fsp3) is 0.800. The zero-order valence-corrected chi connectivity index (χ0v) is 9.42. The Bertz CT molecular complexity index is 294. The number of hydrogen-bond donors (Lipinski definition) is 2. The summed E-state index contributed by atoms with van der Waals surface area (Å²) in [5.74, 6) is 0.913. The zero-order chi connectivity index (χ0) is 11.0. The van der Waals surface area contributed by atoms with Crippen molar-refractivity contribution >= 4 is 23.6 Å². The minimum atomic E-state index is -0.844. The van der Waals surface area contributed by atoms with Crippen LogP contribution in [0, 0.1) is 17.8 Å². The third-order valence-corrected chi connectivity index (χ3v) is 4.49. The van der Waals surface area contributed by atoms with E-state index in [9.17, 15) is 9.59 Å². The number of carbonyl (C=O) groups excluding carboxylic acids is 1. The Morgan fingerprint density at radius 2 is 2.07 bits per heavy atom. The second-order valence-electron chi connectivity index (χ2n) is 4.42. The largest absolute Gasteiger partial charge is 0.481 e. The van der Waals surface area contributed by atoms with Crippen molar-refractivity contribution in [2.24, 2.45) is 17.8 Å². The summed E-state index contributed by atoms with van der Waals surface area (Å²) in [6.45, 7) is 2.12. The quantitative estimate of drug-likeness (QED) is 0.742. The number of hydrogen-bond acceptors (Lipinski definition) is 3. The Labute approximate surface area is 92.8 Å². The molecule has 4 nitrogen and oxygen atoms in total. The van der Waals surface area contributed by atoms with Gasteiger partial charge in [-0.15, -0.1) is 0 Å². The van der Waals surface area contributed by atoms with Crippen molar-refractivity contribution in [1.82, 2.24) is 5.32 Å². The van der Waals surface area contributed by atoms with Crippen molar-refractivity contribution in [3.63, 3.8) is 0 Å². The Morgan fingerprint density at radius 3 is 2.53 bits per heavy atom. The van der Waals surface area contributed by atoms with Crippen LogP contribution in [0.15, 0.2) is 0 Å². The van der Waals surface area contributed by atoms with E-state index in [4.69, 9.17) is 5.11 Å². The molecule has 2 fully saturated rings. The number of nitrogens with one attached hydrogen (secondary N) is 1. The van der Waals surface area contributed by atoms with Gasteiger partial charge in [0.2, 0.25) is 5.91 Å². The van der Waals surface area contributed by atoms with Crippen LogP contribution in [0.25, 0.3) is 0 Å². The van der Waals surface area contributed by atoms with Crippen LogP contribution >= 0.6 is 11.8 Å². The lowest BCUT2D eigenvalue weighted by Gasteiger charge is -2.16. The van der Waals surface area contributed by atoms with Crippen LogP contribution in [-0.4, -0.2) is 34.5 Å². The van der Waals surface area contributed by atoms with E-state index in [2.05, 4.69) is 12.2 Å². The van der Waals surface area contributed by atoms with Crippen LogP contribution in [0.2, 0.25) is 0 Å². The van der Waals surface area contributed by atoms with Gasteiger partial charge in [-0.25, -0.2) is 0 Å². The molecule has 1 saturated heterocycles. The average molecular weight is 229 g/mol. The molecular weight excluding hydrogens is 214 g/mol. The first-order valence-electron chi connectivity index (χ1n) is 5.20. The number of amides is 1. The molecule has 4 unspecified atom stereocenters. The number of carboxylic acid groups (broad SMARTS) is 1. The summed E-state index contributed by atoms with van der Waals surface area (Å²) < 4.78 is 0. The lowest BCUT2D eigenvalue weighted by atomic mass is 10.1. The van der Waals surface area contributed by atoms with Gasteiger partial charge in [-0.05, 0) is 18.1 Å². The molecule has 1 saturated carbocycles. The van der Waals surface area contributed by atoms with Crippen molar-refractivity contribution in [3.8, 4) is 0 Å². The fourth-order valence-corrected chi connectivity index (χ4v) is 3.30. The molecule has 4 atom stereocenters. The van der Waals surface area contributed by atoms with Gasteiger partial charge in [-0.1, -0.05) is 6.92 Å². The van der Waals surface area contributed by atoms with Crippen molar-refractivity contribution in [3.05, 3.63) is 0 Å². The van der Waals surface area contributed by atoms with Gasteiger partial charge < -0.3 is 10.4 Å². The van der Waals surface area contributed by atoms with Crippen molar-refractivity contribution in [1.29, 1.82) is 0 Å². The first-order valence-corrected chi connectivity index (χ1v) is 6.36. The van der Waals surface area contributed by atoms with Crippen molar-refractivity contribution < 1.29 is 14.7 Å². The SMILES string of the molecule is CC1CSCC1NC(=O)C1CC1C(=O)O. The fourth-order valence-electron chi connectivity index (χ4n) is 1.89. The van der Waals surface area contributed by atoms with E-state index in [1.165, 1.54) is 0 Å². The minimum absolute atomic E-state index is 0.0678. The maximum atomic E-state index is 11.6. The summed E-state index contributed by atoms with van der Waals surface area (Å²) in [4.78, 5) is 22.2. The second kappa shape index (κ2) is 4.04. The number of carbonyl (C=O) groups is 2. The second-order valence-corrected chi connectivity index (χ2v) is 5.49. The van der Waals surface area contributed by atoms with Gasteiger partial charge >= 0.3 is 5.97 Å². The van der Waals surface area contributed by atoms with E-state index in [0.29, 0.717) is 12.3 Å². The highest BCUT2D eigenvalue weighted by Crippen LogP contribution is 2.39. The molecule has 2 aliphatic rings. The third kappa shape index (κ3) is 2.27. The van der Waals surface area contributed by atoms with E-state index in [1.54, 1.807) is 0 Å². The summed E-state index contributed by atoms with van der Waals surface area (Å²) in [7, 11) is 0. The van der Waals surface area contributed by atoms with Gasteiger partial charge in [0, 0.05) is 11.8 Å². The van der Waals surface area contributed by atoms with Crippen molar-refractivity contribution in [2.75, 3.05) is 11.5 Å². The predicted octanol–water partition coefficient (Wildman–Crippen LogP) is 0.575. The Hall–Kier alpha value is -0.710. The van der Waals surface area contributed by atoms with Crippen LogP contribution in [-0.2, 0) is 9.59 Å². The summed E-state index contributed by atoms with van der Waals surface area (Å²) >= 11 is 1.84. The van der Waals surface area contributed by atoms with E-state index in [0.717, 1.165) is 11.5 Å². The number of aliphatic carboxylic acids is 1. The highest BCUT2D eigenvalue weighted by atomic mass is 32.2. The minimum Gasteiger partial charge on any atom is -0.481 e. The maximum Gasteiger partial charge on any atom is 0.307 e. The summed E-state index contributed by atoms with van der Waals surface area (Å²) in [6, 6.07) is 0.234. The lowest BCUT2D eigenvalue weighted by Crippen LogP contribution is -2.40. The summed E-state index contributed by atoms with van der Waals surface area (Å²) in [5, 5.41) is 11.7. The first kappa shape index (κ1) is 10.8. The summed E-state index contributed by atoms with van der Waals surface area (Å²) in [6.07, 6.45) is 0.509. The van der Waals surface area contributed by atoms with Gasteiger partial charge in [0.1, 0.15) is 0 Å². The predicted molar refractivity (Wildman–Crippen MR) is 57.7 cm³/mol. The topological polar surface area (TPSA) is 66.4 Å². The third-order valence-electron chi connectivity index (χ3n) is 3.14. The van der Waals surface area contributed by atoms with Crippen LogP contribution < -0.4 is 5.32 Å². The molecule has 1 amide bonds. The van der Waals surface area contributed by atoms with Gasteiger partial charge in [0.05, 0.1) is 11.8 Å². The van der Waals surface area contributed by atoms with E-state index in [-0.39, 0.29) is 17.9 Å². The monoisotopic (exact) mass is 229 g/mol. The molecule has 2 rings (SSSR count). The van der Waals surface area contributed by atoms with Crippen LogP contribution in [0.3, 0.4) is 0 Å². The smallest absolute Gasteiger partial charge is 0.307 e. The highest BCUT2D eigenvalue weighted by Gasteiger charge is 2.48. The Kier molecular flexibility index (Phi) is 2.91. The van der Waals surface area contributed by atoms with Gasteiger partial charge in [-0.3, -0.25) is 9.59 Å². The lowest BCUT2D eigenvalue weighted by molar-refractivity contribution is -0.140. The molecule has 0 aromatic heterocycles. The molecule has 84 valence electrons. The van der Waals surface area contributed by atoms with E-state index < -0.39 is 11.9 Å². The molecule has 0 radical (unpaired) electrons. The Morgan fingerprint density at radius 1 is 1.33 bits per heavy atom. The molecular formula is C10H15NO3S. The molecule has 0 bridgehead atoms. The number of rotatable bonds is 3. The van der Waals surface area contributed by atoms with Gasteiger partial charge in [0.25, 0.3) is 0 Å². The molecule has 0 spiro atoms. The molecule has 15 heavy (non-hydrogen) atoms. The van der Waals surface area contributed by atoms with E-state index in [1.807, 2.05) is 11.8 Å². The average Bonchev–Trinajstić information content (AvgIpc) is 2.88.